The molecule has 4 rings (SSSR count). The molecule has 2 heterocycles. The predicted molar refractivity (Wildman–Crippen MR) is 102 cm³/mol. The molecule has 26 heavy (non-hydrogen) atoms. The lowest BCUT2D eigenvalue weighted by molar-refractivity contribution is 0.631. The molecule has 0 saturated carbocycles. The summed E-state index contributed by atoms with van der Waals surface area (Å²) < 4.78 is 29.7. The van der Waals surface area contributed by atoms with Gasteiger partial charge in [-0.2, -0.15) is 0 Å². The number of halogens is 1. The lowest BCUT2D eigenvalue weighted by Crippen LogP contribution is -2.11. The molecule has 6 heteroatoms. The van der Waals surface area contributed by atoms with E-state index in [0.29, 0.717) is 21.6 Å². The average molecular weight is 365 g/mol. The van der Waals surface area contributed by atoms with E-state index >= 15 is 0 Å². The predicted octanol–water partition coefficient (Wildman–Crippen LogP) is 4.28. The number of nitrogens with one attached hydrogen (secondary N) is 2. The quantitative estimate of drug-likeness (QED) is 0.567. The highest BCUT2D eigenvalue weighted by Crippen LogP contribution is 2.31. The molecule has 0 spiro atoms. The van der Waals surface area contributed by atoms with Crippen LogP contribution in [-0.2, 0) is 11.0 Å². The highest BCUT2D eigenvalue weighted by molar-refractivity contribution is 7.83. The molecule has 0 bridgehead atoms. The number of benzene rings is 2. The highest BCUT2D eigenvalue weighted by Gasteiger charge is 2.13. The number of pyridine rings is 1. The van der Waals surface area contributed by atoms with Crippen LogP contribution in [-0.4, -0.2) is 21.2 Å². The molecule has 0 fully saturated rings. The fourth-order valence-corrected chi connectivity index (χ4v) is 3.79. The highest BCUT2D eigenvalue weighted by atomic mass is 32.2. The van der Waals surface area contributed by atoms with Gasteiger partial charge in [-0.05, 0) is 42.4 Å². The maximum atomic E-state index is 14.8. The second-order valence-electron chi connectivity index (χ2n) is 5.80. The SMILES string of the molecule is CNS(=O)c1ccccc1-c1ccc(-c2cnc3[nH]ccc3c2)c(F)c1. The van der Waals surface area contributed by atoms with Crippen LogP contribution in [0.1, 0.15) is 0 Å². The van der Waals surface area contributed by atoms with Gasteiger partial charge in [0.15, 0.2) is 0 Å². The molecule has 4 aromatic rings. The van der Waals surface area contributed by atoms with Crippen molar-refractivity contribution in [3.05, 3.63) is 72.8 Å². The van der Waals surface area contributed by atoms with E-state index in [2.05, 4.69) is 14.7 Å². The van der Waals surface area contributed by atoms with Gasteiger partial charge in [-0.25, -0.2) is 18.3 Å². The Morgan fingerprint density at radius 1 is 1.04 bits per heavy atom. The van der Waals surface area contributed by atoms with Gasteiger partial charge < -0.3 is 4.98 Å². The van der Waals surface area contributed by atoms with Gasteiger partial charge in [0.1, 0.15) is 22.5 Å². The summed E-state index contributed by atoms with van der Waals surface area (Å²) in [6, 6.07) is 16.1. The molecule has 0 radical (unpaired) electrons. The van der Waals surface area contributed by atoms with Gasteiger partial charge in [-0.1, -0.05) is 30.3 Å². The van der Waals surface area contributed by atoms with Crippen molar-refractivity contribution in [3.63, 3.8) is 0 Å². The van der Waals surface area contributed by atoms with Crippen LogP contribution in [0.2, 0.25) is 0 Å². The number of rotatable bonds is 4. The van der Waals surface area contributed by atoms with Crippen LogP contribution < -0.4 is 4.72 Å². The zero-order valence-electron chi connectivity index (χ0n) is 14.0. The molecular weight excluding hydrogens is 349 g/mol. The molecule has 0 aliphatic carbocycles. The standard InChI is InChI=1S/C20H16FN3OS/c1-22-26(25)19-5-3-2-4-17(19)13-6-7-16(18(21)11-13)15-10-14-8-9-23-20(14)24-12-15/h2-12,22H,1H3,(H,23,24). The molecule has 2 N–H and O–H groups in total. The molecule has 1 unspecified atom stereocenters. The van der Waals surface area contributed by atoms with Gasteiger partial charge in [0.05, 0.1) is 4.90 Å². The molecule has 130 valence electrons. The van der Waals surface area contributed by atoms with E-state index in [1.807, 2.05) is 36.4 Å². The third-order valence-electron chi connectivity index (χ3n) is 4.26. The summed E-state index contributed by atoms with van der Waals surface area (Å²) in [5, 5.41) is 0.931. The minimum atomic E-state index is -1.35. The summed E-state index contributed by atoms with van der Waals surface area (Å²) in [4.78, 5) is 7.97. The Morgan fingerprint density at radius 2 is 1.88 bits per heavy atom. The zero-order valence-corrected chi connectivity index (χ0v) is 14.8. The first kappa shape index (κ1) is 16.6. The van der Waals surface area contributed by atoms with Gasteiger partial charge in [-0.3, -0.25) is 0 Å². The Bertz CT molecular complexity index is 1120. The average Bonchev–Trinajstić information content (AvgIpc) is 3.15. The number of hydrogen-bond donors (Lipinski definition) is 2. The second kappa shape index (κ2) is 6.82. The van der Waals surface area contributed by atoms with Crippen LogP contribution in [0.15, 0.2) is 71.9 Å². The first-order valence-corrected chi connectivity index (χ1v) is 9.24. The fraction of sp³-hybridized carbons (Fsp3) is 0.0500. The smallest absolute Gasteiger partial charge is 0.137 e. The Labute approximate surface area is 152 Å². The minimum absolute atomic E-state index is 0.343. The number of H-pyrrole nitrogens is 1. The number of fused-ring (bicyclic) bond motifs is 1. The summed E-state index contributed by atoms with van der Waals surface area (Å²) in [7, 11) is 0.278. The van der Waals surface area contributed by atoms with Crippen LogP contribution in [0.4, 0.5) is 4.39 Å². The van der Waals surface area contributed by atoms with E-state index in [-0.39, 0.29) is 5.82 Å². The number of aromatic amines is 1. The normalized spacial score (nSPS) is 12.4. The van der Waals surface area contributed by atoms with Crippen molar-refractivity contribution in [3.8, 4) is 22.3 Å². The van der Waals surface area contributed by atoms with Crippen LogP contribution in [0, 0.1) is 5.82 Å². The molecule has 4 nitrogen and oxygen atoms in total. The van der Waals surface area contributed by atoms with Crippen molar-refractivity contribution >= 4 is 22.0 Å². The van der Waals surface area contributed by atoms with E-state index in [9.17, 15) is 8.60 Å². The van der Waals surface area contributed by atoms with Gasteiger partial charge in [0.25, 0.3) is 0 Å². The maximum Gasteiger partial charge on any atom is 0.137 e. The molecular formula is C20H16FN3OS. The van der Waals surface area contributed by atoms with Crippen molar-refractivity contribution in [2.24, 2.45) is 0 Å². The largest absolute Gasteiger partial charge is 0.346 e. The topological polar surface area (TPSA) is 57.8 Å². The van der Waals surface area contributed by atoms with E-state index in [4.69, 9.17) is 0 Å². The minimum Gasteiger partial charge on any atom is -0.346 e. The Hall–Kier alpha value is -2.83. The van der Waals surface area contributed by atoms with Crippen molar-refractivity contribution < 1.29 is 8.60 Å². The molecule has 1 atom stereocenters. The summed E-state index contributed by atoms with van der Waals surface area (Å²) >= 11 is 0. The first-order valence-electron chi connectivity index (χ1n) is 8.09. The van der Waals surface area contributed by atoms with Gasteiger partial charge >= 0.3 is 0 Å². The van der Waals surface area contributed by atoms with Crippen molar-refractivity contribution in [1.29, 1.82) is 0 Å². The number of hydrogen-bond acceptors (Lipinski definition) is 2. The monoisotopic (exact) mass is 365 g/mol. The molecule has 2 aromatic heterocycles. The molecule has 0 saturated heterocycles. The van der Waals surface area contributed by atoms with Crippen LogP contribution in [0.25, 0.3) is 33.3 Å². The third-order valence-corrected chi connectivity index (χ3v) is 5.39. The van der Waals surface area contributed by atoms with E-state index in [1.165, 1.54) is 6.07 Å². The van der Waals surface area contributed by atoms with E-state index in [0.717, 1.165) is 16.6 Å². The third kappa shape index (κ3) is 2.94. The van der Waals surface area contributed by atoms with Gasteiger partial charge in [0.2, 0.25) is 0 Å². The Kier molecular flexibility index (Phi) is 4.36. The molecule has 0 aliphatic heterocycles. The Balaban J connectivity index is 1.78. The first-order chi connectivity index (χ1) is 12.7. The van der Waals surface area contributed by atoms with E-state index in [1.54, 1.807) is 31.6 Å². The van der Waals surface area contributed by atoms with Crippen molar-refractivity contribution in [1.82, 2.24) is 14.7 Å². The summed E-state index contributed by atoms with van der Waals surface area (Å²) in [5.41, 5.74) is 3.39. The lowest BCUT2D eigenvalue weighted by Gasteiger charge is -2.11. The van der Waals surface area contributed by atoms with Crippen LogP contribution in [0.5, 0.6) is 0 Å². The summed E-state index contributed by atoms with van der Waals surface area (Å²) in [5.74, 6) is -0.343. The zero-order chi connectivity index (χ0) is 18.1. The second-order valence-corrected chi connectivity index (χ2v) is 7.19. The molecule has 0 amide bonds. The van der Waals surface area contributed by atoms with Gasteiger partial charge in [0, 0.05) is 28.9 Å². The number of aromatic nitrogens is 2. The van der Waals surface area contributed by atoms with Crippen LogP contribution >= 0.6 is 0 Å². The van der Waals surface area contributed by atoms with Crippen LogP contribution in [0.3, 0.4) is 0 Å². The number of nitrogens with zero attached hydrogens (tertiary/aromatic N) is 1. The summed E-state index contributed by atoms with van der Waals surface area (Å²) in [6.45, 7) is 0. The lowest BCUT2D eigenvalue weighted by atomic mass is 10.00. The Morgan fingerprint density at radius 3 is 2.69 bits per heavy atom. The maximum absolute atomic E-state index is 14.8. The summed E-state index contributed by atoms with van der Waals surface area (Å²) in [6.07, 6.45) is 3.46. The van der Waals surface area contributed by atoms with Crippen molar-refractivity contribution in [2.75, 3.05) is 7.05 Å². The van der Waals surface area contributed by atoms with Gasteiger partial charge in [-0.15, -0.1) is 0 Å². The van der Waals surface area contributed by atoms with Crippen molar-refractivity contribution in [2.45, 2.75) is 4.90 Å². The molecule has 2 aromatic carbocycles. The van der Waals surface area contributed by atoms with E-state index < -0.39 is 11.0 Å². The fourth-order valence-electron chi connectivity index (χ4n) is 2.98. The molecule has 0 aliphatic rings.